The average Bonchev–Trinajstić information content (AvgIpc) is 3.22. The minimum atomic E-state index is -0.126. The average molecular weight is 399 g/mol. The van der Waals surface area contributed by atoms with Crippen molar-refractivity contribution in [2.75, 3.05) is 0 Å². The number of rotatable bonds is 5. The Kier molecular flexibility index (Phi) is 5.23. The summed E-state index contributed by atoms with van der Waals surface area (Å²) in [5.41, 5.74) is 7.05. The Labute approximate surface area is 176 Å². The number of aromatic nitrogens is 4. The number of hydrogen-bond donors (Lipinski definition) is 1. The SMILES string of the molecule is Cc1nn(-c2ccccc2)c(C)c1CNC(=O)c1c(C)nn(-c2ccccc2)c1C. The number of aryl methyl sites for hydroxylation is 2. The summed E-state index contributed by atoms with van der Waals surface area (Å²) in [5.74, 6) is -0.126. The van der Waals surface area contributed by atoms with E-state index < -0.39 is 0 Å². The van der Waals surface area contributed by atoms with E-state index in [0.717, 1.165) is 34.0 Å². The molecule has 4 rings (SSSR count). The lowest BCUT2D eigenvalue weighted by Crippen LogP contribution is -2.24. The zero-order valence-electron chi connectivity index (χ0n) is 17.7. The fourth-order valence-electron chi connectivity index (χ4n) is 3.80. The molecule has 152 valence electrons. The fourth-order valence-corrected chi connectivity index (χ4v) is 3.80. The fraction of sp³-hybridized carbons (Fsp3) is 0.208. The first-order valence-electron chi connectivity index (χ1n) is 9.97. The second kappa shape index (κ2) is 7.99. The predicted molar refractivity (Wildman–Crippen MR) is 117 cm³/mol. The Hall–Kier alpha value is -3.67. The van der Waals surface area contributed by atoms with Gasteiger partial charge in [0.1, 0.15) is 0 Å². The van der Waals surface area contributed by atoms with Crippen molar-refractivity contribution < 1.29 is 4.79 Å². The molecule has 2 aromatic heterocycles. The lowest BCUT2D eigenvalue weighted by atomic mass is 10.1. The molecular formula is C24H25N5O. The van der Waals surface area contributed by atoms with E-state index >= 15 is 0 Å². The third-order valence-corrected chi connectivity index (χ3v) is 5.39. The van der Waals surface area contributed by atoms with Gasteiger partial charge >= 0.3 is 0 Å². The normalized spacial score (nSPS) is 10.9. The van der Waals surface area contributed by atoms with Crippen LogP contribution in [0.1, 0.15) is 38.7 Å². The highest BCUT2D eigenvalue weighted by atomic mass is 16.1. The van der Waals surface area contributed by atoms with Crippen LogP contribution in [-0.2, 0) is 6.54 Å². The van der Waals surface area contributed by atoms with Gasteiger partial charge in [-0.15, -0.1) is 0 Å². The molecule has 2 heterocycles. The van der Waals surface area contributed by atoms with E-state index in [9.17, 15) is 4.79 Å². The number of carbonyl (C=O) groups is 1. The van der Waals surface area contributed by atoms with Crippen LogP contribution in [0.2, 0.25) is 0 Å². The van der Waals surface area contributed by atoms with E-state index in [2.05, 4.69) is 15.5 Å². The highest BCUT2D eigenvalue weighted by molar-refractivity contribution is 5.96. The second-order valence-electron chi connectivity index (χ2n) is 7.37. The molecule has 0 bridgehead atoms. The number of nitrogens with zero attached hydrogens (tertiary/aromatic N) is 4. The van der Waals surface area contributed by atoms with Crippen LogP contribution in [0.5, 0.6) is 0 Å². The minimum absolute atomic E-state index is 0.126. The molecule has 0 spiro atoms. The molecule has 30 heavy (non-hydrogen) atoms. The zero-order chi connectivity index (χ0) is 21.3. The molecule has 4 aromatic rings. The van der Waals surface area contributed by atoms with Crippen molar-refractivity contribution in [3.05, 3.63) is 94.6 Å². The van der Waals surface area contributed by atoms with E-state index in [-0.39, 0.29) is 5.91 Å². The monoisotopic (exact) mass is 399 g/mol. The first-order chi connectivity index (χ1) is 14.5. The topological polar surface area (TPSA) is 64.7 Å². The van der Waals surface area contributed by atoms with Crippen molar-refractivity contribution in [2.24, 2.45) is 0 Å². The first kappa shape index (κ1) is 19.6. The number of benzene rings is 2. The highest BCUT2D eigenvalue weighted by Gasteiger charge is 2.20. The molecule has 2 aromatic carbocycles. The second-order valence-corrected chi connectivity index (χ2v) is 7.37. The minimum Gasteiger partial charge on any atom is -0.348 e. The molecule has 0 aliphatic carbocycles. The van der Waals surface area contributed by atoms with Crippen LogP contribution in [0, 0.1) is 27.7 Å². The Bertz CT molecular complexity index is 1190. The predicted octanol–water partition coefficient (Wildman–Crippen LogP) is 4.22. The van der Waals surface area contributed by atoms with E-state index in [1.54, 1.807) is 0 Å². The van der Waals surface area contributed by atoms with Gasteiger partial charge in [-0.3, -0.25) is 4.79 Å². The summed E-state index contributed by atoms with van der Waals surface area (Å²) in [4.78, 5) is 13.0. The quantitative estimate of drug-likeness (QED) is 0.546. The van der Waals surface area contributed by atoms with Crippen molar-refractivity contribution in [1.82, 2.24) is 24.9 Å². The van der Waals surface area contributed by atoms with Crippen molar-refractivity contribution in [3.63, 3.8) is 0 Å². The molecule has 0 aliphatic heterocycles. The Balaban J connectivity index is 1.57. The van der Waals surface area contributed by atoms with Gasteiger partial charge in [0, 0.05) is 17.8 Å². The van der Waals surface area contributed by atoms with Gasteiger partial charge in [-0.2, -0.15) is 10.2 Å². The van der Waals surface area contributed by atoms with Crippen LogP contribution < -0.4 is 5.32 Å². The molecule has 1 amide bonds. The van der Waals surface area contributed by atoms with Gasteiger partial charge in [-0.05, 0) is 52.0 Å². The Morgan fingerprint density at radius 2 is 1.27 bits per heavy atom. The van der Waals surface area contributed by atoms with Crippen LogP contribution in [0.3, 0.4) is 0 Å². The molecule has 0 aliphatic rings. The summed E-state index contributed by atoms with van der Waals surface area (Å²) in [6.45, 7) is 8.20. The van der Waals surface area contributed by atoms with Gasteiger partial charge in [0.15, 0.2) is 0 Å². The third kappa shape index (κ3) is 3.52. The van der Waals surface area contributed by atoms with Gasteiger partial charge < -0.3 is 5.32 Å². The van der Waals surface area contributed by atoms with E-state index in [1.165, 1.54) is 0 Å². The maximum atomic E-state index is 13.0. The maximum absolute atomic E-state index is 13.0. The van der Waals surface area contributed by atoms with Crippen LogP contribution in [0.4, 0.5) is 0 Å². The van der Waals surface area contributed by atoms with Crippen LogP contribution in [0.15, 0.2) is 60.7 Å². The van der Waals surface area contributed by atoms with Crippen molar-refractivity contribution in [1.29, 1.82) is 0 Å². The van der Waals surface area contributed by atoms with Gasteiger partial charge in [0.25, 0.3) is 5.91 Å². The van der Waals surface area contributed by atoms with Crippen LogP contribution in [0.25, 0.3) is 11.4 Å². The molecule has 1 N–H and O–H groups in total. The first-order valence-corrected chi connectivity index (χ1v) is 9.97. The standard InChI is InChI=1S/C24H25N5O/c1-16-22(18(3)28(26-16)20-11-7-5-8-12-20)15-25-24(30)23-17(2)27-29(19(23)4)21-13-9-6-10-14-21/h5-14H,15H2,1-4H3,(H,25,30). The van der Waals surface area contributed by atoms with Crippen molar-refractivity contribution in [3.8, 4) is 11.4 Å². The summed E-state index contributed by atoms with van der Waals surface area (Å²) in [6.07, 6.45) is 0. The summed E-state index contributed by atoms with van der Waals surface area (Å²) in [7, 11) is 0. The van der Waals surface area contributed by atoms with E-state index in [1.807, 2.05) is 97.7 Å². The van der Waals surface area contributed by atoms with Gasteiger partial charge in [0.2, 0.25) is 0 Å². The lowest BCUT2D eigenvalue weighted by Gasteiger charge is -2.08. The molecule has 0 saturated heterocycles. The van der Waals surface area contributed by atoms with E-state index in [0.29, 0.717) is 17.8 Å². The number of amides is 1. The van der Waals surface area contributed by atoms with Crippen LogP contribution >= 0.6 is 0 Å². The van der Waals surface area contributed by atoms with Gasteiger partial charge in [0.05, 0.1) is 34.0 Å². The van der Waals surface area contributed by atoms with Crippen molar-refractivity contribution in [2.45, 2.75) is 34.2 Å². The summed E-state index contributed by atoms with van der Waals surface area (Å²) in [5, 5.41) is 12.3. The number of para-hydroxylation sites is 2. The molecule has 0 fully saturated rings. The maximum Gasteiger partial charge on any atom is 0.255 e. The smallest absolute Gasteiger partial charge is 0.255 e. The zero-order valence-corrected chi connectivity index (χ0v) is 17.7. The lowest BCUT2D eigenvalue weighted by molar-refractivity contribution is 0.0949. The molecule has 0 saturated carbocycles. The Morgan fingerprint density at radius 3 is 1.83 bits per heavy atom. The molecule has 6 nitrogen and oxygen atoms in total. The molecule has 0 radical (unpaired) electrons. The highest BCUT2D eigenvalue weighted by Crippen LogP contribution is 2.20. The van der Waals surface area contributed by atoms with E-state index in [4.69, 9.17) is 0 Å². The molecule has 6 heteroatoms. The van der Waals surface area contributed by atoms with Crippen molar-refractivity contribution >= 4 is 5.91 Å². The van der Waals surface area contributed by atoms with Crippen LogP contribution in [-0.4, -0.2) is 25.5 Å². The molecule has 0 atom stereocenters. The number of hydrogen-bond acceptors (Lipinski definition) is 3. The third-order valence-electron chi connectivity index (χ3n) is 5.39. The molecular weight excluding hydrogens is 374 g/mol. The summed E-state index contributed by atoms with van der Waals surface area (Å²) in [6, 6.07) is 19.8. The number of carbonyl (C=O) groups excluding carboxylic acids is 1. The number of nitrogens with one attached hydrogen (secondary N) is 1. The summed E-state index contributed by atoms with van der Waals surface area (Å²) >= 11 is 0. The molecule has 0 unspecified atom stereocenters. The van der Waals surface area contributed by atoms with Gasteiger partial charge in [-0.25, -0.2) is 9.36 Å². The Morgan fingerprint density at radius 1 is 0.767 bits per heavy atom. The summed E-state index contributed by atoms with van der Waals surface area (Å²) < 4.78 is 3.73. The largest absolute Gasteiger partial charge is 0.348 e. The van der Waals surface area contributed by atoms with Gasteiger partial charge in [-0.1, -0.05) is 36.4 Å².